The summed E-state index contributed by atoms with van der Waals surface area (Å²) in [6.45, 7) is 11.9. The summed E-state index contributed by atoms with van der Waals surface area (Å²) in [5.74, 6) is 1.11. The average molecular weight is 451 g/mol. The van der Waals surface area contributed by atoms with Gasteiger partial charge in [0.25, 0.3) is 0 Å². The normalized spacial score (nSPS) is 26.0. The van der Waals surface area contributed by atoms with Gasteiger partial charge in [-0.1, -0.05) is 20.3 Å². The van der Waals surface area contributed by atoms with E-state index in [2.05, 4.69) is 36.0 Å². The maximum Gasteiger partial charge on any atom is 0.193 e. The quantitative estimate of drug-likeness (QED) is 0.259. The largest absolute Gasteiger partial charge is 0.382 e. The predicted molar refractivity (Wildman–Crippen MR) is 113 cm³/mol. The smallest absolute Gasteiger partial charge is 0.193 e. The summed E-state index contributed by atoms with van der Waals surface area (Å²) in [5.41, 5.74) is 0.921. The Morgan fingerprint density at radius 3 is 2.54 bits per heavy atom. The summed E-state index contributed by atoms with van der Waals surface area (Å²) in [6, 6.07) is 0. The standard InChI is InChI=1S/C19H37N3O.HI/c1-5-8-18(3)9-7-13-22(16-18)17(20-4)21-15-19(10-11-19)12-14-23-6-2;/h5-16H2,1-4H3,(H,20,21);1H. The summed E-state index contributed by atoms with van der Waals surface area (Å²) in [6.07, 6.45) is 9.07. The van der Waals surface area contributed by atoms with Gasteiger partial charge in [-0.05, 0) is 56.3 Å². The third-order valence-electron chi connectivity index (χ3n) is 5.71. The van der Waals surface area contributed by atoms with Crippen LogP contribution >= 0.6 is 24.0 Å². The van der Waals surface area contributed by atoms with Gasteiger partial charge in [0.1, 0.15) is 0 Å². The van der Waals surface area contributed by atoms with Gasteiger partial charge in [0.05, 0.1) is 0 Å². The first-order chi connectivity index (χ1) is 11.1. The summed E-state index contributed by atoms with van der Waals surface area (Å²) in [7, 11) is 1.92. The van der Waals surface area contributed by atoms with Crippen molar-refractivity contribution >= 4 is 29.9 Å². The predicted octanol–water partition coefficient (Wildman–Crippen LogP) is 4.29. The molecule has 1 atom stereocenters. The van der Waals surface area contributed by atoms with Crippen molar-refractivity contribution < 1.29 is 4.74 Å². The van der Waals surface area contributed by atoms with Crippen LogP contribution in [0.1, 0.15) is 65.7 Å². The Kier molecular flexibility index (Phi) is 9.34. The van der Waals surface area contributed by atoms with Gasteiger partial charge in [-0.2, -0.15) is 0 Å². The number of piperidine rings is 1. The van der Waals surface area contributed by atoms with Gasteiger partial charge in [-0.3, -0.25) is 4.99 Å². The highest BCUT2D eigenvalue weighted by Gasteiger charge is 2.42. The molecular formula is C19H38IN3O. The molecule has 24 heavy (non-hydrogen) atoms. The topological polar surface area (TPSA) is 36.9 Å². The van der Waals surface area contributed by atoms with Crippen LogP contribution in [0.15, 0.2) is 4.99 Å². The molecule has 1 saturated heterocycles. The average Bonchev–Trinajstić information content (AvgIpc) is 3.28. The van der Waals surface area contributed by atoms with E-state index in [-0.39, 0.29) is 24.0 Å². The Hall–Kier alpha value is -0.0400. The van der Waals surface area contributed by atoms with Crippen LogP contribution in [0, 0.1) is 10.8 Å². The van der Waals surface area contributed by atoms with Gasteiger partial charge in [0.2, 0.25) is 0 Å². The molecule has 142 valence electrons. The van der Waals surface area contributed by atoms with Crippen LogP contribution in [0.5, 0.6) is 0 Å². The molecule has 0 aromatic carbocycles. The molecule has 2 rings (SSSR count). The fraction of sp³-hybridized carbons (Fsp3) is 0.947. The maximum atomic E-state index is 5.54. The minimum absolute atomic E-state index is 0. The first-order valence-electron chi connectivity index (χ1n) is 9.60. The minimum atomic E-state index is 0. The van der Waals surface area contributed by atoms with Crippen LogP contribution < -0.4 is 5.32 Å². The SMILES string of the molecule is CCCC1(C)CCCN(C(=NC)NCC2(CCOCC)CC2)C1.I. The van der Waals surface area contributed by atoms with Crippen LogP contribution in [0.2, 0.25) is 0 Å². The molecule has 0 aromatic rings. The molecule has 2 aliphatic rings. The molecule has 0 radical (unpaired) electrons. The van der Waals surface area contributed by atoms with Gasteiger partial charge < -0.3 is 15.0 Å². The van der Waals surface area contributed by atoms with E-state index in [0.29, 0.717) is 10.8 Å². The number of rotatable bonds is 8. The summed E-state index contributed by atoms with van der Waals surface area (Å²) in [5, 5.41) is 3.67. The first-order valence-corrected chi connectivity index (χ1v) is 9.60. The van der Waals surface area contributed by atoms with Crippen LogP contribution in [0.3, 0.4) is 0 Å². The van der Waals surface area contributed by atoms with E-state index in [4.69, 9.17) is 4.74 Å². The number of hydrogen-bond acceptors (Lipinski definition) is 2. The molecule has 1 N–H and O–H groups in total. The lowest BCUT2D eigenvalue weighted by Gasteiger charge is -2.42. The lowest BCUT2D eigenvalue weighted by Crippen LogP contribution is -2.50. The zero-order valence-corrected chi connectivity index (χ0v) is 18.5. The number of aliphatic imine (C=N–C) groups is 1. The molecule has 0 amide bonds. The molecule has 1 aliphatic heterocycles. The lowest BCUT2D eigenvalue weighted by atomic mass is 9.78. The fourth-order valence-electron chi connectivity index (χ4n) is 4.03. The molecule has 1 heterocycles. The molecule has 1 unspecified atom stereocenters. The second-order valence-electron chi connectivity index (χ2n) is 7.93. The highest BCUT2D eigenvalue weighted by Crippen LogP contribution is 2.48. The van der Waals surface area contributed by atoms with Gasteiger partial charge in [-0.15, -0.1) is 24.0 Å². The van der Waals surface area contributed by atoms with Crippen molar-refractivity contribution in [1.29, 1.82) is 0 Å². The van der Waals surface area contributed by atoms with Gasteiger partial charge >= 0.3 is 0 Å². The van der Waals surface area contributed by atoms with Crippen LogP contribution in [0.4, 0.5) is 0 Å². The van der Waals surface area contributed by atoms with E-state index in [9.17, 15) is 0 Å². The minimum Gasteiger partial charge on any atom is -0.382 e. The first kappa shape index (κ1) is 22.0. The second-order valence-corrected chi connectivity index (χ2v) is 7.93. The molecule has 0 spiro atoms. The van der Waals surface area contributed by atoms with E-state index >= 15 is 0 Å². The fourth-order valence-corrected chi connectivity index (χ4v) is 4.03. The molecule has 1 aliphatic carbocycles. The third kappa shape index (κ3) is 6.36. The number of halogens is 1. The molecule has 0 bridgehead atoms. The zero-order chi connectivity index (χ0) is 16.8. The van der Waals surface area contributed by atoms with Crippen molar-refractivity contribution in [2.24, 2.45) is 15.8 Å². The van der Waals surface area contributed by atoms with Crippen LogP contribution in [-0.2, 0) is 4.74 Å². The number of likely N-dealkylation sites (tertiary alicyclic amines) is 1. The molecule has 0 aromatic heterocycles. The zero-order valence-electron chi connectivity index (χ0n) is 16.2. The molecule has 2 fully saturated rings. The van der Waals surface area contributed by atoms with Crippen LogP contribution in [-0.4, -0.2) is 50.8 Å². The maximum absolute atomic E-state index is 5.54. The Balaban J connectivity index is 0.00000288. The molecule has 1 saturated carbocycles. The van der Waals surface area contributed by atoms with Crippen molar-refractivity contribution in [1.82, 2.24) is 10.2 Å². The summed E-state index contributed by atoms with van der Waals surface area (Å²) < 4.78 is 5.54. The number of hydrogen-bond donors (Lipinski definition) is 1. The van der Waals surface area contributed by atoms with E-state index in [1.807, 2.05) is 7.05 Å². The molecule has 5 heteroatoms. The Labute approximate surface area is 166 Å². The summed E-state index contributed by atoms with van der Waals surface area (Å²) in [4.78, 5) is 7.05. The van der Waals surface area contributed by atoms with E-state index in [1.165, 1.54) is 44.9 Å². The Morgan fingerprint density at radius 2 is 1.96 bits per heavy atom. The monoisotopic (exact) mass is 451 g/mol. The van der Waals surface area contributed by atoms with Gasteiger partial charge in [0.15, 0.2) is 5.96 Å². The highest BCUT2D eigenvalue weighted by atomic mass is 127. The lowest BCUT2D eigenvalue weighted by molar-refractivity contribution is 0.127. The van der Waals surface area contributed by atoms with E-state index < -0.39 is 0 Å². The van der Waals surface area contributed by atoms with Crippen molar-refractivity contribution in [2.45, 2.75) is 65.7 Å². The number of nitrogens with zero attached hydrogens (tertiary/aromatic N) is 2. The van der Waals surface area contributed by atoms with Crippen molar-refractivity contribution in [2.75, 3.05) is 39.9 Å². The van der Waals surface area contributed by atoms with E-state index in [1.54, 1.807) is 0 Å². The molecule has 4 nitrogen and oxygen atoms in total. The van der Waals surface area contributed by atoms with Crippen molar-refractivity contribution in [3.63, 3.8) is 0 Å². The van der Waals surface area contributed by atoms with Crippen molar-refractivity contribution in [3.05, 3.63) is 0 Å². The Morgan fingerprint density at radius 1 is 1.21 bits per heavy atom. The Bertz CT molecular complexity index is 394. The van der Waals surface area contributed by atoms with Crippen LogP contribution in [0.25, 0.3) is 0 Å². The van der Waals surface area contributed by atoms with Gasteiger partial charge in [-0.25, -0.2) is 0 Å². The number of guanidine groups is 1. The third-order valence-corrected chi connectivity index (χ3v) is 5.71. The molecular weight excluding hydrogens is 413 g/mol. The highest BCUT2D eigenvalue weighted by molar-refractivity contribution is 14.0. The van der Waals surface area contributed by atoms with Crippen molar-refractivity contribution in [3.8, 4) is 0 Å². The number of ether oxygens (including phenoxy) is 1. The summed E-state index contributed by atoms with van der Waals surface area (Å²) >= 11 is 0. The van der Waals surface area contributed by atoms with Gasteiger partial charge in [0, 0.05) is 39.9 Å². The second kappa shape index (κ2) is 10.2. The van der Waals surface area contributed by atoms with E-state index in [0.717, 1.165) is 38.8 Å². The number of nitrogens with one attached hydrogen (secondary N) is 1.